The average molecular weight is 576 g/mol. The number of amides is 2. The molecule has 0 bridgehead atoms. The molecular weight excluding hydrogens is 537 g/mol. The van der Waals surface area contributed by atoms with Gasteiger partial charge in [0, 0.05) is 37.2 Å². The van der Waals surface area contributed by atoms with Crippen LogP contribution in [0.5, 0.6) is 11.5 Å². The molecule has 1 saturated carbocycles. The minimum atomic E-state index is -3.66. The number of ether oxygens (including phenoxy) is 2. The number of rotatable bonds is 11. The summed E-state index contributed by atoms with van der Waals surface area (Å²) in [6.45, 7) is 2.41. The zero-order valence-corrected chi connectivity index (χ0v) is 23.9. The summed E-state index contributed by atoms with van der Waals surface area (Å²) in [5, 5.41) is 3.06. The number of fused-ring (bicyclic) bond motifs is 1. The van der Waals surface area contributed by atoms with Crippen LogP contribution in [0.1, 0.15) is 57.4 Å². The van der Waals surface area contributed by atoms with E-state index in [4.69, 9.17) is 9.47 Å². The van der Waals surface area contributed by atoms with Gasteiger partial charge in [-0.3, -0.25) is 13.9 Å². The Balaban J connectivity index is 1.46. The van der Waals surface area contributed by atoms with E-state index in [1.54, 1.807) is 43.3 Å². The third kappa shape index (κ3) is 7.65. The van der Waals surface area contributed by atoms with Crippen LogP contribution in [0, 0.1) is 5.82 Å². The second-order valence-corrected chi connectivity index (χ2v) is 12.3. The maximum atomic E-state index is 14.5. The maximum absolute atomic E-state index is 14.5. The molecule has 1 aliphatic carbocycles. The molecule has 1 atom stereocenters. The van der Waals surface area contributed by atoms with Gasteiger partial charge in [-0.2, -0.15) is 0 Å². The van der Waals surface area contributed by atoms with Crippen LogP contribution in [-0.2, 0) is 26.2 Å². The number of sulfonamides is 1. The van der Waals surface area contributed by atoms with Gasteiger partial charge in [0.2, 0.25) is 21.8 Å². The van der Waals surface area contributed by atoms with Gasteiger partial charge < -0.3 is 19.7 Å². The summed E-state index contributed by atoms with van der Waals surface area (Å²) in [5.41, 5.74) is 0.713. The van der Waals surface area contributed by atoms with E-state index >= 15 is 0 Å². The van der Waals surface area contributed by atoms with Gasteiger partial charge >= 0.3 is 0 Å². The van der Waals surface area contributed by atoms with Gasteiger partial charge in [-0.15, -0.1) is 0 Å². The second-order valence-electron chi connectivity index (χ2n) is 10.4. The van der Waals surface area contributed by atoms with Crippen molar-refractivity contribution in [2.75, 3.05) is 30.3 Å². The number of nitrogens with zero attached hydrogens (tertiary/aromatic N) is 2. The number of anilines is 1. The number of hydrogen-bond donors (Lipinski definition) is 1. The smallest absolute Gasteiger partial charge is 0.242 e. The van der Waals surface area contributed by atoms with E-state index in [0.29, 0.717) is 36.0 Å². The number of benzene rings is 2. The van der Waals surface area contributed by atoms with Crippen molar-refractivity contribution in [3.05, 3.63) is 53.8 Å². The van der Waals surface area contributed by atoms with Crippen molar-refractivity contribution >= 4 is 27.5 Å². The summed E-state index contributed by atoms with van der Waals surface area (Å²) in [7, 11) is -3.66. The zero-order chi connectivity index (χ0) is 28.7. The molecule has 2 amide bonds. The molecule has 9 nitrogen and oxygen atoms in total. The SMILES string of the molecule is C[C@@H](C(=O)NC1CCCCC1)N(Cc1ccccc1F)C(=O)CCCN(c1ccc2c(c1)OCCO2)S(C)(=O)=O. The van der Waals surface area contributed by atoms with E-state index in [2.05, 4.69) is 5.32 Å². The fraction of sp³-hybridized carbons (Fsp3) is 0.517. The standard InChI is InChI=1S/C29H38FN3O6S/c1-21(29(35)31-23-10-4-3-5-11-23)32(20-22-9-6-7-12-25(22)30)28(34)13-8-16-33(40(2,36)37)24-14-15-26-27(19-24)39-18-17-38-26/h6-7,9,12,14-15,19,21,23H,3-5,8,10-11,13,16-18,20H2,1-2H3,(H,31,35)/t21-/m0/s1. The number of carbonyl (C=O) groups excluding carboxylic acids is 2. The first-order valence-corrected chi connectivity index (χ1v) is 15.7. The highest BCUT2D eigenvalue weighted by atomic mass is 32.2. The Morgan fingerprint density at radius 3 is 2.45 bits per heavy atom. The summed E-state index contributed by atoms with van der Waals surface area (Å²) in [5.74, 6) is -0.0805. The third-order valence-corrected chi connectivity index (χ3v) is 8.58. The molecule has 2 aromatic carbocycles. The Morgan fingerprint density at radius 2 is 1.75 bits per heavy atom. The zero-order valence-electron chi connectivity index (χ0n) is 23.1. The van der Waals surface area contributed by atoms with Gasteiger partial charge in [-0.1, -0.05) is 37.5 Å². The second kappa shape index (κ2) is 13.3. The van der Waals surface area contributed by atoms with E-state index in [9.17, 15) is 22.4 Å². The highest BCUT2D eigenvalue weighted by Gasteiger charge is 2.29. The van der Waals surface area contributed by atoms with Gasteiger partial charge in [0.15, 0.2) is 11.5 Å². The summed E-state index contributed by atoms with van der Waals surface area (Å²) in [6, 6.07) is 10.3. The normalized spacial score (nSPS) is 16.2. The van der Waals surface area contributed by atoms with E-state index < -0.39 is 21.9 Å². The third-order valence-electron chi connectivity index (χ3n) is 7.38. The Hall–Kier alpha value is -3.34. The van der Waals surface area contributed by atoms with Crippen LogP contribution in [0.3, 0.4) is 0 Å². The largest absolute Gasteiger partial charge is 0.486 e. The molecule has 1 aliphatic heterocycles. The van der Waals surface area contributed by atoms with Gasteiger partial charge in [-0.25, -0.2) is 12.8 Å². The molecule has 40 heavy (non-hydrogen) atoms. The predicted molar refractivity (Wildman–Crippen MR) is 150 cm³/mol. The lowest BCUT2D eigenvalue weighted by Crippen LogP contribution is -2.50. The van der Waals surface area contributed by atoms with Crippen molar-refractivity contribution in [2.45, 2.75) is 70.5 Å². The van der Waals surface area contributed by atoms with Crippen LogP contribution < -0.4 is 19.1 Å². The highest BCUT2D eigenvalue weighted by molar-refractivity contribution is 7.92. The number of nitrogens with one attached hydrogen (secondary N) is 1. The first-order valence-electron chi connectivity index (χ1n) is 13.8. The summed E-state index contributed by atoms with van der Waals surface area (Å²) < 4.78 is 52.1. The molecule has 4 rings (SSSR count). The van der Waals surface area contributed by atoms with Crippen LogP contribution in [0.2, 0.25) is 0 Å². The van der Waals surface area contributed by atoms with E-state index in [1.165, 1.54) is 15.3 Å². The molecular formula is C29H38FN3O6S. The Bertz CT molecular complexity index is 1300. The van der Waals surface area contributed by atoms with Gasteiger partial charge in [-0.05, 0) is 44.4 Å². The summed E-state index contributed by atoms with van der Waals surface area (Å²) in [6.07, 6.45) is 6.35. The molecule has 0 saturated heterocycles. The first kappa shape index (κ1) is 29.6. The van der Waals surface area contributed by atoms with Crippen molar-refractivity contribution in [1.82, 2.24) is 10.2 Å². The Morgan fingerprint density at radius 1 is 1.05 bits per heavy atom. The van der Waals surface area contributed by atoms with Crippen LogP contribution in [0.4, 0.5) is 10.1 Å². The van der Waals surface area contributed by atoms with Crippen LogP contribution >= 0.6 is 0 Å². The fourth-order valence-corrected chi connectivity index (χ4v) is 6.11. The van der Waals surface area contributed by atoms with Gasteiger partial charge in [0.25, 0.3) is 0 Å². The Kier molecular flexibility index (Phi) is 9.89. The molecule has 11 heteroatoms. The average Bonchev–Trinajstić information content (AvgIpc) is 2.94. The molecule has 2 aromatic rings. The molecule has 218 valence electrons. The topological polar surface area (TPSA) is 105 Å². The lowest BCUT2D eigenvalue weighted by Gasteiger charge is -2.31. The lowest BCUT2D eigenvalue weighted by molar-refractivity contribution is -0.141. The Labute approximate surface area is 235 Å². The molecule has 2 aliphatic rings. The molecule has 0 spiro atoms. The molecule has 1 heterocycles. The minimum Gasteiger partial charge on any atom is -0.486 e. The maximum Gasteiger partial charge on any atom is 0.242 e. The van der Waals surface area contributed by atoms with Crippen LogP contribution in [0.15, 0.2) is 42.5 Å². The minimum absolute atomic E-state index is 0.0218. The highest BCUT2D eigenvalue weighted by Crippen LogP contribution is 2.34. The lowest BCUT2D eigenvalue weighted by atomic mass is 9.95. The van der Waals surface area contributed by atoms with E-state index in [1.807, 2.05) is 0 Å². The summed E-state index contributed by atoms with van der Waals surface area (Å²) >= 11 is 0. The first-order chi connectivity index (χ1) is 19.1. The quantitative estimate of drug-likeness (QED) is 0.434. The fourth-order valence-electron chi connectivity index (χ4n) is 5.15. The molecule has 1 N–H and O–H groups in total. The van der Waals surface area contributed by atoms with Crippen molar-refractivity contribution in [3.8, 4) is 11.5 Å². The van der Waals surface area contributed by atoms with Crippen molar-refractivity contribution in [1.29, 1.82) is 0 Å². The molecule has 0 aromatic heterocycles. The van der Waals surface area contributed by atoms with Gasteiger partial charge in [0.1, 0.15) is 25.1 Å². The number of hydrogen-bond acceptors (Lipinski definition) is 6. The summed E-state index contributed by atoms with van der Waals surface area (Å²) in [4.78, 5) is 28.0. The van der Waals surface area contributed by atoms with E-state index in [0.717, 1.165) is 38.4 Å². The van der Waals surface area contributed by atoms with Crippen LogP contribution in [0.25, 0.3) is 0 Å². The van der Waals surface area contributed by atoms with Crippen molar-refractivity contribution < 1.29 is 31.9 Å². The van der Waals surface area contributed by atoms with Crippen molar-refractivity contribution in [2.24, 2.45) is 0 Å². The number of carbonyl (C=O) groups is 2. The molecule has 1 fully saturated rings. The van der Waals surface area contributed by atoms with Gasteiger partial charge in [0.05, 0.1) is 11.9 Å². The monoisotopic (exact) mass is 575 g/mol. The van der Waals surface area contributed by atoms with Crippen LogP contribution in [-0.4, -0.2) is 63.2 Å². The predicted octanol–water partition coefficient (Wildman–Crippen LogP) is 4.01. The number of halogens is 1. The van der Waals surface area contributed by atoms with Crippen molar-refractivity contribution in [3.63, 3.8) is 0 Å². The van der Waals surface area contributed by atoms with E-state index in [-0.39, 0.29) is 43.8 Å². The molecule has 0 radical (unpaired) electrons. The molecule has 0 unspecified atom stereocenters.